The van der Waals surface area contributed by atoms with Crippen molar-refractivity contribution in [1.82, 2.24) is 15.5 Å². The fourth-order valence-electron chi connectivity index (χ4n) is 2.69. The Morgan fingerprint density at radius 2 is 1.82 bits per heavy atom. The lowest BCUT2D eigenvalue weighted by Gasteiger charge is -2.27. The highest BCUT2D eigenvalue weighted by atomic mass is 35.5. The van der Waals surface area contributed by atoms with Crippen LogP contribution in [0.5, 0.6) is 0 Å². The number of carbonyl (C=O) groups is 1. The second-order valence-electron chi connectivity index (χ2n) is 5.41. The van der Waals surface area contributed by atoms with Crippen molar-refractivity contribution in [2.24, 2.45) is 0 Å². The topological polar surface area (TPSA) is 44.4 Å². The number of amides is 1. The first-order chi connectivity index (χ1) is 10.3. The van der Waals surface area contributed by atoms with Gasteiger partial charge >= 0.3 is 0 Å². The molecule has 1 aliphatic heterocycles. The molecule has 0 radical (unpaired) electrons. The molecule has 5 heteroatoms. The molecular formula is C17H22ClN3O. The SMILES string of the molecule is Cl.O=C(NCCN1CCNCC1)c1ccc2ccccc2c1. The van der Waals surface area contributed by atoms with Gasteiger partial charge in [0, 0.05) is 44.8 Å². The zero-order chi connectivity index (χ0) is 14.5. The van der Waals surface area contributed by atoms with Crippen molar-refractivity contribution in [2.45, 2.75) is 0 Å². The minimum absolute atomic E-state index is 0. The van der Waals surface area contributed by atoms with Crippen molar-refractivity contribution >= 4 is 29.1 Å². The van der Waals surface area contributed by atoms with Gasteiger partial charge in [-0.2, -0.15) is 0 Å². The van der Waals surface area contributed by atoms with Gasteiger partial charge in [-0.15, -0.1) is 12.4 Å². The van der Waals surface area contributed by atoms with Crippen molar-refractivity contribution in [1.29, 1.82) is 0 Å². The van der Waals surface area contributed by atoms with E-state index in [0.717, 1.165) is 49.1 Å². The summed E-state index contributed by atoms with van der Waals surface area (Å²) in [6.45, 7) is 5.82. The Hall–Kier alpha value is -1.62. The summed E-state index contributed by atoms with van der Waals surface area (Å²) in [6.07, 6.45) is 0. The number of nitrogens with zero attached hydrogens (tertiary/aromatic N) is 1. The van der Waals surface area contributed by atoms with Gasteiger partial charge in [0.2, 0.25) is 0 Å². The molecule has 0 bridgehead atoms. The van der Waals surface area contributed by atoms with Crippen LogP contribution in [0, 0.1) is 0 Å². The Labute approximate surface area is 137 Å². The third-order valence-electron chi connectivity index (χ3n) is 3.93. The highest BCUT2D eigenvalue weighted by Gasteiger charge is 2.10. The number of hydrogen-bond acceptors (Lipinski definition) is 3. The second kappa shape index (κ2) is 8.13. The first-order valence-electron chi connectivity index (χ1n) is 7.53. The van der Waals surface area contributed by atoms with E-state index in [4.69, 9.17) is 0 Å². The van der Waals surface area contributed by atoms with Gasteiger partial charge in [0.05, 0.1) is 0 Å². The van der Waals surface area contributed by atoms with Gasteiger partial charge in [0.15, 0.2) is 0 Å². The van der Waals surface area contributed by atoms with Crippen LogP contribution < -0.4 is 10.6 Å². The van der Waals surface area contributed by atoms with E-state index in [0.29, 0.717) is 6.54 Å². The van der Waals surface area contributed by atoms with E-state index in [1.165, 1.54) is 0 Å². The van der Waals surface area contributed by atoms with Gasteiger partial charge < -0.3 is 10.6 Å². The number of fused-ring (bicyclic) bond motifs is 1. The zero-order valence-corrected chi connectivity index (χ0v) is 13.4. The van der Waals surface area contributed by atoms with Crippen LogP contribution in [0.2, 0.25) is 0 Å². The quantitative estimate of drug-likeness (QED) is 0.904. The maximum absolute atomic E-state index is 12.2. The van der Waals surface area contributed by atoms with E-state index in [-0.39, 0.29) is 18.3 Å². The Morgan fingerprint density at radius 1 is 1.09 bits per heavy atom. The third-order valence-corrected chi connectivity index (χ3v) is 3.93. The van der Waals surface area contributed by atoms with Gasteiger partial charge in [-0.3, -0.25) is 9.69 Å². The summed E-state index contributed by atoms with van der Waals surface area (Å²) in [5.74, 6) is 0.0101. The lowest BCUT2D eigenvalue weighted by molar-refractivity contribution is 0.0947. The standard InChI is InChI=1S/C17H21N3O.ClH/c21-17(19-9-12-20-10-7-18-8-11-20)16-6-5-14-3-1-2-4-15(14)13-16;/h1-6,13,18H,7-12H2,(H,19,21);1H. The van der Waals surface area contributed by atoms with E-state index >= 15 is 0 Å². The van der Waals surface area contributed by atoms with Gasteiger partial charge in [0.1, 0.15) is 0 Å². The van der Waals surface area contributed by atoms with E-state index < -0.39 is 0 Å². The Kier molecular flexibility index (Phi) is 6.19. The Morgan fingerprint density at radius 3 is 2.59 bits per heavy atom. The fourth-order valence-corrected chi connectivity index (χ4v) is 2.69. The summed E-state index contributed by atoms with van der Waals surface area (Å²) in [7, 11) is 0. The van der Waals surface area contributed by atoms with Crippen LogP contribution in [0.15, 0.2) is 42.5 Å². The average molecular weight is 320 g/mol. The van der Waals surface area contributed by atoms with Crippen LogP contribution in [0.1, 0.15) is 10.4 Å². The monoisotopic (exact) mass is 319 g/mol. The number of carbonyl (C=O) groups excluding carboxylic acids is 1. The number of nitrogens with one attached hydrogen (secondary N) is 2. The molecule has 1 heterocycles. The van der Waals surface area contributed by atoms with Crippen LogP contribution in [0.4, 0.5) is 0 Å². The van der Waals surface area contributed by atoms with E-state index in [1.807, 2.05) is 36.4 Å². The molecule has 3 rings (SSSR count). The second-order valence-corrected chi connectivity index (χ2v) is 5.41. The molecule has 2 aromatic rings. The minimum Gasteiger partial charge on any atom is -0.351 e. The van der Waals surface area contributed by atoms with Crippen LogP contribution in [-0.2, 0) is 0 Å². The first-order valence-corrected chi connectivity index (χ1v) is 7.53. The molecule has 0 unspecified atom stereocenters. The third kappa shape index (κ3) is 4.19. The van der Waals surface area contributed by atoms with Crippen molar-refractivity contribution in [3.05, 3.63) is 48.0 Å². The normalized spacial score (nSPS) is 15.3. The minimum atomic E-state index is 0. The fraction of sp³-hybridized carbons (Fsp3) is 0.353. The predicted octanol–water partition coefficient (Wildman–Crippen LogP) is 1.90. The number of piperazine rings is 1. The van der Waals surface area contributed by atoms with Crippen LogP contribution >= 0.6 is 12.4 Å². The van der Waals surface area contributed by atoms with Crippen molar-refractivity contribution < 1.29 is 4.79 Å². The molecule has 0 aromatic heterocycles. The van der Waals surface area contributed by atoms with Crippen molar-refractivity contribution in [3.63, 3.8) is 0 Å². The molecular weight excluding hydrogens is 298 g/mol. The summed E-state index contributed by atoms with van der Waals surface area (Å²) < 4.78 is 0. The number of benzene rings is 2. The van der Waals surface area contributed by atoms with Gasteiger partial charge in [-0.05, 0) is 22.9 Å². The van der Waals surface area contributed by atoms with E-state index in [1.54, 1.807) is 0 Å². The molecule has 0 saturated carbocycles. The number of rotatable bonds is 4. The summed E-state index contributed by atoms with van der Waals surface area (Å²) in [5, 5.41) is 8.60. The summed E-state index contributed by atoms with van der Waals surface area (Å²) >= 11 is 0. The molecule has 0 atom stereocenters. The molecule has 1 fully saturated rings. The molecule has 1 saturated heterocycles. The number of hydrogen-bond donors (Lipinski definition) is 2. The van der Waals surface area contributed by atoms with Gasteiger partial charge in [0.25, 0.3) is 5.91 Å². The van der Waals surface area contributed by atoms with Crippen molar-refractivity contribution in [2.75, 3.05) is 39.3 Å². The smallest absolute Gasteiger partial charge is 0.251 e. The van der Waals surface area contributed by atoms with E-state index in [9.17, 15) is 4.79 Å². The summed E-state index contributed by atoms with van der Waals surface area (Å²) in [6, 6.07) is 13.9. The summed E-state index contributed by atoms with van der Waals surface area (Å²) in [5.41, 5.74) is 0.731. The van der Waals surface area contributed by atoms with Gasteiger partial charge in [-0.1, -0.05) is 30.3 Å². The molecule has 118 valence electrons. The Balaban J connectivity index is 0.00000176. The predicted molar refractivity (Wildman–Crippen MR) is 92.8 cm³/mol. The lowest BCUT2D eigenvalue weighted by atomic mass is 10.1. The zero-order valence-electron chi connectivity index (χ0n) is 12.5. The Bertz CT molecular complexity index is 626. The largest absolute Gasteiger partial charge is 0.351 e. The molecule has 0 spiro atoms. The highest BCUT2D eigenvalue weighted by molar-refractivity contribution is 5.98. The summed E-state index contributed by atoms with van der Waals surface area (Å²) in [4.78, 5) is 14.6. The average Bonchev–Trinajstić information content (AvgIpc) is 2.55. The molecule has 2 aromatic carbocycles. The maximum Gasteiger partial charge on any atom is 0.251 e. The molecule has 4 nitrogen and oxygen atoms in total. The van der Waals surface area contributed by atoms with Crippen LogP contribution in [0.3, 0.4) is 0 Å². The molecule has 22 heavy (non-hydrogen) atoms. The first kappa shape index (κ1) is 16.7. The lowest BCUT2D eigenvalue weighted by Crippen LogP contribution is -2.46. The van der Waals surface area contributed by atoms with Crippen LogP contribution in [-0.4, -0.2) is 50.1 Å². The van der Waals surface area contributed by atoms with Crippen LogP contribution in [0.25, 0.3) is 10.8 Å². The van der Waals surface area contributed by atoms with Gasteiger partial charge in [-0.25, -0.2) is 0 Å². The maximum atomic E-state index is 12.2. The molecule has 1 amide bonds. The van der Waals surface area contributed by atoms with E-state index in [2.05, 4.69) is 21.6 Å². The molecule has 1 aliphatic rings. The molecule has 2 N–H and O–H groups in total. The highest BCUT2D eigenvalue weighted by Crippen LogP contribution is 2.15. The molecule has 0 aliphatic carbocycles. The number of halogens is 1. The van der Waals surface area contributed by atoms with Crippen molar-refractivity contribution in [3.8, 4) is 0 Å².